The van der Waals surface area contributed by atoms with Crippen LogP contribution in [0.4, 0.5) is 11.4 Å². The van der Waals surface area contributed by atoms with Crippen molar-refractivity contribution in [3.8, 4) is 0 Å². The highest BCUT2D eigenvalue weighted by molar-refractivity contribution is 7.89. The molecule has 2 rings (SSSR count). The van der Waals surface area contributed by atoms with Crippen LogP contribution in [0.15, 0.2) is 34.0 Å². The molecule has 21 heavy (non-hydrogen) atoms. The quantitative estimate of drug-likeness (QED) is 0.580. The van der Waals surface area contributed by atoms with Crippen LogP contribution < -0.4 is 10.0 Å². The van der Waals surface area contributed by atoms with E-state index in [0.717, 1.165) is 18.5 Å². The fourth-order valence-electron chi connectivity index (χ4n) is 1.55. The van der Waals surface area contributed by atoms with Gasteiger partial charge in [-0.15, -0.1) is 0 Å². The van der Waals surface area contributed by atoms with Crippen LogP contribution in [0.3, 0.4) is 0 Å². The Morgan fingerprint density at radius 2 is 2.19 bits per heavy atom. The molecule has 0 spiro atoms. The topological polar surface area (TPSA) is 140 Å². The summed E-state index contributed by atoms with van der Waals surface area (Å²) in [5.41, 5.74) is -0.114. The zero-order valence-corrected chi connectivity index (χ0v) is 11.6. The summed E-state index contributed by atoms with van der Waals surface area (Å²) in [6.07, 6.45) is 1.08. The number of nitro benzene ring substituents is 1. The highest BCUT2D eigenvalue weighted by Crippen LogP contribution is 2.26. The number of anilines is 1. The molecule has 0 unspecified atom stereocenters. The summed E-state index contributed by atoms with van der Waals surface area (Å²) in [5.74, 6) is 0.175. The Morgan fingerprint density at radius 1 is 1.43 bits per heavy atom. The second-order valence-electron chi connectivity index (χ2n) is 3.86. The van der Waals surface area contributed by atoms with Gasteiger partial charge in [-0.25, -0.2) is 13.1 Å². The second-order valence-corrected chi connectivity index (χ2v) is 5.63. The van der Waals surface area contributed by atoms with Gasteiger partial charge >= 0.3 is 0 Å². The number of hydrogen-bond donors (Lipinski definition) is 2. The van der Waals surface area contributed by atoms with E-state index in [-0.39, 0.29) is 28.6 Å². The van der Waals surface area contributed by atoms with E-state index in [2.05, 4.69) is 24.7 Å². The first kappa shape index (κ1) is 14.9. The molecule has 0 amide bonds. The van der Waals surface area contributed by atoms with E-state index in [1.165, 1.54) is 13.1 Å². The van der Waals surface area contributed by atoms with Crippen LogP contribution in [0.1, 0.15) is 5.82 Å². The van der Waals surface area contributed by atoms with Gasteiger partial charge in [-0.1, -0.05) is 5.16 Å². The Morgan fingerprint density at radius 3 is 2.76 bits per heavy atom. The summed E-state index contributed by atoms with van der Waals surface area (Å²) < 4.78 is 30.9. The predicted octanol–water partition coefficient (Wildman–Crippen LogP) is 0.498. The third-order valence-corrected chi connectivity index (χ3v) is 3.97. The Bertz CT molecular complexity index is 743. The number of aromatic nitrogens is 2. The first-order valence-corrected chi connectivity index (χ1v) is 7.13. The molecule has 0 aliphatic rings. The molecule has 112 valence electrons. The second kappa shape index (κ2) is 5.85. The number of nitrogens with zero attached hydrogens (tertiary/aromatic N) is 3. The van der Waals surface area contributed by atoms with Crippen molar-refractivity contribution in [2.45, 2.75) is 11.4 Å². The molecule has 1 aromatic heterocycles. The minimum absolute atomic E-state index is 0.0995. The summed E-state index contributed by atoms with van der Waals surface area (Å²) in [6, 6.07) is 3.45. The first-order chi connectivity index (χ1) is 9.94. The highest BCUT2D eigenvalue weighted by Gasteiger charge is 2.20. The largest absolute Gasteiger partial charge is 0.383 e. The zero-order valence-electron chi connectivity index (χ0n) is 10.8. The van der Waals surface area contributed by atoms with Crippen LogP contribution in [0, 0.1) is 10.1 Å². The van der Waals surface area contributed by atoms with Crippen molar-refractivity contribution < 1.29 is 17.9 Å². The molecule has 0 fully saturated rings. The summed E-state index contributed by atoms with van der Waals surface area (Å²) in [6.45, 7) is -0.148. The van der Waals surface area contributed by atoms with Crippen LogP contribution in [-0.2, 0) is 16.6 Å². The Hall–Kier alpha value is -2.53. The number of nitrogens with one attached hydrogen (secondary N) is 2. The number of sulfonamides is 1. The maximum absolute atomic E-state index is 12.1. The fraction of sp³-hybridized carbons (Fsp3) is 0.200. The van der Waals surface area contributed by atoms with E-state index < -0.39 is 14.9 Å². The van der Waals surface area contributed by atoms with Gasteiger partial charge in [0.1, 0.15) is 5.69 Å². The Kier molecular flexibility index (Phi) is 4.14. The molecule has 11 heteroatoms. The standard InChI is InChI=1S/C10H11N5O5S/c1-11-8-4-7(2-3-9(8)15(16)17)21(18,19)13-5-10-12-6-20-14-10/h2-4,6,11,13H,5H2,1H3. The fourth-order valence-corrected chi connectivity index (χ4v) is 2.56. The maximum Gasteiger partial charge on any atom is 0.292 e. The molecule has 2 aromatic rings. The molecule has 0 radical (unpaired) electrons. The van der Waals surface area contributed by atoms with Crippen LogP contribution in [0.25, 0.3) is 0 Å². The van der Waals surface area contributed by atoms with E-state index >= 15 is 0 Å². The van der Waals surface area contributed by atoms with Crippen molar-refractivity contribution in [1.82, 2.24) is 14.9 Å². The van der Waals surface area contributed by atoms with Gasteiger partial charge in [0.05, 0.1) is 16.4 Å². The van der Waals surface area contributed by atoms with Gasteiger partial charge in [0.2, 0.25) is 16.4 Å². The minimum Gasteiger partial charge on any atom is -0.383 e. The van der Waals surface area contributed by atoms with Crippen molar-refractivity contribution >= 4 is 21.4 Å². The number of nitro groups is 1. The van der Waals surface area contributed by atoms with Crippen molar-refractivity contribution in [1.29, 1.82) is 0 Å². The third kappa shape index (κ3) is 3.32. The lowest BCUT2D eigenvalue weighted by atomic mass is 10.3. The van der Waals surface area contributed by atoms with Gasteiger partial charge in [-0.2, -0.15) is 4.98 Å². The third-order valence-electron chi connectivity index (χ3n) is 2.57. The molecule has 1 aromatic carbocycles. The van der Waals surface area contributed by atoms with E-state index in [1.807, 2.05) is 0 Å². The molecule has 10 nitrogen and oxygen atoms in total. The molecule has 0 bridgehead atoms. The lowest BCUT2D eigenvalue weighted by Gasteiger charge is -2.07. The highest BCUT2D eigenvalue weighted by atomic mass is 32.2. The number of benzene rings is 1. The molecular formula is C10H11N5O5S. The summed E-state index contributed by atoms with van der Waals surface area (Å²) in [7, 11) is -2.38. The monoisotopic (exact) mass is 313 g/mol. The molecule has 0 saturated carbocycles. The predicted molar refractivity (Wildman–Crippen MR) is 71.0 cm³/mol. The van der Waals surface area contributed by atoms with Crippen molar-refractivity contribution in [2.75, 3.05) is 12.4 Å². The average molecular weight is 313 g/mol. The van der Waals surface area contributed by atoms with Gasteiger partial charge < -0.3 is 9.84 Å². The van der Waals surface area contributed by atoms with E-state index in [0.29, 0.717) is 0 Å². The molecule has 1 heterocycles. The van der Waals surface area contributed by atoms with Crippen molar-refractivity contribution in [3.63, 3.8) is 0 Å². The minimum atomic E-state index is -3.85. The molecular weight excluding hydrogens is 302 g/mol. The molecule has 0 aliphatic carbocycles. The van der Waals surface area contributed by atoms with Crippen molar-refractivity contribution in [2.24, 2.45) is 0 Å². The lowest BCUT2D eigenvalue weighted by Crippen LogP contribution is -2.24. The smallest absolute Gasteiger partial charge is 0.292 e. The first-order valence-electron chi connectivity index (χ1n) is 5.65. The molecule has 2 N–H and O–H groups in total. The van der Waals surface area contributed by atoms with Crippen LogP contribution >= 0.6 is 0 Å². The molecule has 0 aliphatic heterocycles. The lowest BCUT2D eigenvalue weighted by molar-refractivity contribution is -0.384. The zero-order chi connectivity index (χ0) is 15.5. The maximum atomic E-state index is 12.1. The Labute approximate surface area is 119 Å². The van der Waals surface area contributed by atoms with Crippen LogP contribution in [0.2, 0.25) is 0 Å². The van der Waals surface area contributed by atoms with Gasteiger partial charge in [-0.05, 0) is 12.1 Å². The van der Waals surface area contributed by atoms with E-state index in [4.69, 9.17) is 0 Å². The van der Waals surface area contributed by atoms with E-state index in [9.17, 15) is 18.5 Å². The summed E-state index contributed by atoms with van der Waals surface area (Å²) in [4.78, 5) is 13.8. The SMILES string of the molecule is CNc1cc(S(=O)(=O)NCc2ncon2)ccc1[N+](=O)[O-]. The normalized spacial score (nSPS) is 11.3. The molecule has 0 atom stereocenters. The Balaban J connectivity index is 2.25. The van der Waals surface area contributed by atoms with Gasteiger partial charge in [0.15, 0.2) is 5.82 Å². The summed E-state index contributed by atoms with van der Waals surface area (Å²) in [5, 5.41) is 16.9. The molecule has 0 saturated heterocycles. The van der Waals surface area contributed by atoms with Gasteiger partial charge in [-0.3, -0.25) is 10.1 Å². The van der Waals surface area contributed by atoms with Crippen molar-refractivity contribution in [3.05, 3.63) is 40.5 Å². The van der Waals surface area contributed by atoms with Gasteiger partial charge in [0, 0.05) is 13.1 Å². The average Bonchev–Trinajstić information content (AvgIpc) is 2.97. The van der Waals surface area contributed by atoms with Gasteiger partial charge in [0.25, 0.3) is 5.69 Å². The summed E-state index contributed by atoms with van der Waals surface area (Å²) >= 11 is 0. The van der Waals surface area contributed by atoms with Crippen LogP contribution in [-0.4, -0.2) is 30.5 Å². The van der Waals surface area contributed by atoms with E-state index in [1.54, 1.807) is 0 Å². The number of rotatable bonds is 6. The number of hydrogen-bond acceptors (Lipinski definition) is 8. The van der Waals surface area contributed by atoms with Crippen LogP contribution in [0.5, 0.6) is 0 Å².